The average Bonchev–Trinajstić information content (AvgIpc) is 3.28. The third-order valence-electron chi connectivity index (χ3n) is 7.57. The number of nitro groups is 2. The zero-order valence-electron chi connectivity index (χ0n) is 21.9. The second kappa shape index (κ2) is 10.2. The van der Waals surface area contributed by atoms with Crippen molar-refractivity contribution >= 4 is 11.4 Å². The molecule has 2 aromatic rings. The fourth-order valence-corrected chi connectivity index (χ4v) is 15.2. The molecule has 0 saturated heterocycles. The first-order valence-corrected chi connectivity index (χ1v) is 16.5. The van der Waals surface area contributed by atoms with Gasteiger partial charge in [-0.25, -0.2) is 0 Å². The summed E-state index contributed by atoms with van der Waals surface area (Å²) in [7, 11) is 0. The van der Waals surface area contributed by atoms with Gasteiger partial charge in [-0.2, -0.15) is 0 Å². The topological polar surface area (TPSA) is 105 Å². The molecule has 9 heteroatoms. The van der Waals surface area contributed by atoms with Crippen molar-refractivity contribution in [2.45, 2.75) is 54.4 Å². The van der Waals surface area contributed by atoms with Gasteiger partial charge in [-0.3, -0.25) is 0 Å². The number of nitrogens with zero attached hydrogens (tertiary/aromatic N) is 2. The van der Waals surface area contributed by atoms with Crippen LogP contribution in [0.2, 0.25) is 0 Å². The standard InChI is InChI=1S/2C8H11.2C6H5NO3.Zr/c2*1-6-4-5-7(2)8(6)3;2*8-6-3-1-2-5(4-6)7(9)10;/h2*4H2,1-3H3;2*1-4,8H;/q;;;;+2/p-2. The molecule has 0 aliphatic heterocycles. The minimum absolute atomic E-state index is 0.0711. The van der Waals surface area contributed by atoms with Gasteiger partial charge < -0.3 is 0 Å². The average molecular weight is 582 g/mol. The molecule has 2 aromatic carbocycles. The van der Waals surface area contributed by atoms with E-state index >= 15 is 0 Å². The minimum atomic E-state index is -4.67. The van der Waals surface area contributed by atoms with Gasteiger partial charge in [0.15, 0.2) is 0 Å². The van der Waals surface area contributed by atoms with Crippen LogP contribution in [0.3, 0.4) is 0 Å². The van der Waals surface area contributed by atoms with Gasteiger partial charge in [0.1, 0.15) is 0 Å². The third-order valence-corrected chi connectivity index (χ3v) is 16.8. The van der Waals surface area contributed by atoms with Crippen LogP contribution >= 0.6 is 0 Å². The van der Waals surface area contributed by atoms with Crippen LogP contribution in [0.1, 0.15) is 54.4 Å². The molecule has 4 rings (SSSR count). The maximum atomic E-state index is 11.5. The monoisotopic (exact) mass is 580 g/mol. The summed E-state index contributed by atoms with van der Waals surface area (Å²) in [4.78, 5) is 22.2. The van der Waals surface area contributed by atoms with E-state index in [0.717, 1.165) is 17.7 Å². The molecule has 192 valence electrons. The van der Waals surface area contributed by atoms with Crippen LogP contribution in [0.15, 0.2) is 88.5 Å². The molecule has 0 fully saturated rings. The Bertz CT molecular complexity index is 1340. The molecule has 0 bridgehead atoms. The fraction of sp³-hybridized carbons (Fsp3) is 0.286. The van der Waals surface area contributed by atoms with Gasteiger partial charge in [0.25, 0.3) is 0 Å². The molecule has 0 heterocycles. The SMILES string of the molecule is CC1=C(C)C(C)=[C]([Zr]([O]c2cccc([N+](=O)[O-])c2)([O]c2cccc([N+](=O)[O-])c2)[C]2=C(C)C(C)=C(C)C2)C1. The summed E-state index contributed by atoms with van der Waals surface area (Å²) < 4.78 is 16.1. The van der Waals surface area contributed by atoms with Gasteiger partial charge >= 0.3 is 223 Å². The fourth-order valence-electron chi connectivity index (χ4n) is 4.98. The molecule has 0 saturated carbocycles. The van der Waals surface area contributed by atoms with E-state index < -0.39 is 31.0 Å². The molecule has 0 amide bonds. The van der Waals surface area contributed by atoms with Crippen molar-refractivity contribution in [1.29, 1.82) is 0 Å². The summed E-state index contributed by atoms with van der Waals surface area (Å²) in [5.41, 5.74) is 6.86. The Hall–Kier alpha value is -3.32. The van der Waals surface area contributed by atoms with Crippen molar-refractivity contribution < 1.29 is 36.6 Å². The number of rotatable bonds is 8. The molecular formula is C28H30N2O6Zr. The van der Waals surface area contributed by atoms with E-state index in [-0.39, 0.29) is 11.4 Å². The van der Waals surface area contributed by atoms with E-state index in [4.69, 9.17) is 5.63 Å². The van der Waals surface area contributed by atoms with Crippen molar-refractivity contribution in [3.8, 4) is 11.5 Å². The number of hydrogen-bond acceptors (Lipinski definition) is 6. The number of hydrogen-bond donors (Lipinski definition) is 0. The predicted molar refractivity (Wildman–Crippen MR) is 139 cm³/mol. The number of benzene rings is 2. The third kappa shape index (κ3) is 4.97. The Labute approximate surface area is 221 Å². The summed E-state index contributed by atoms with van der Waals surface area (Å²) in [6, 6.07) is 12.3. The molecule has 8 nitrogen and oxygen atoms in total. The number of non-ortho nitro benzene ring substituents is 2. The van der Waals surface area contributed by atoms with E-state index in [1.165, 1.54) is 46.6 Å². The molecule has 2 aliphatic carbocycles. The van der Waals surface area contributed by atoms with Crippen molar-refractivity contribution in [2.75, 3.05) is 0 Å². The quantitative estimate of drug-likeness (QED) is 0.231. The molecule has 0 atom stereocenters. The van der Waals surface area contributed by atoms with E-state index in [9.17, 15) is 20.2 Å². The molecular weight excluding hydrogens is 552 g/mol. The molecule has 0 unspecified atom stereocenters. The van der Waals surface area contributed by atoms with Crippen LogP contribution in [-0.2, 0) is 21.1 Å². The second-order valence-corrected chi connectivity index (χ2v) is 16.7. The first-order chi connectivity index (χ1) is 17.4. The zero-order chi connectivity index (χ0) is 27.1. The van der Waals surface area contributed by atoms with Gasteiger partial charge in [0, 0.05) is 0 Å². The maximum absolute atomic E-state index is 11.5. The molecule has 37 heavy (non-hydrogen) atoms. The van der Waals surface area contributed by atoms with Crippen LogP contribution in [0.5, 0.6) is 11.5 Å². The van der Waals surface area contributed by atoms with Gasteiger partial charge in [0.2, 0.25) is 0 Å². The molecule has 0 N–H and O–H groups in total. The van der Waals surface area contributed by atoms with Crippen LogP contribution < -0.4 is 5.63 Å². The Kier molecular flexibility index (Phi) is 7.38. The Morgan fingerprint density at radius 3 is 1.32 bits per heavy atom. The van der Waals surface area contributed by atoms with Crippen molar-refractivity contribution in [3.05, 3.63) is 109 Å². The first kappa shape index (κ1) is 26.7. The summed E-state index contributed by atoms with van der Waals surface area (Å²) >= 11 is -4.67. The van der Waals surface area contributed by atoms with Crippen LogP contribution in [0.4, 0.5) is 11.4 Å². The zero-order valence-corrected chi connectivity index (χ0v) is 24.3. The number of allylic oxidation sites excluding steroid dienone is 8. The van der Waals surface area contributed by atoms with Gasteiger partial charge in [-0.1, -0.05) is 0 Å². The summed E-state index contributed by atoms with van der Waals surface area (Å²) in [6.07, 6.45) is 1.35. The van der Waals surface area contributed by atoms with E-state index in [1.807, 2.05) is 0 Å². The first-order valence-electron chi connectivity index (χ1n) is 12.1. The van der Waals surface area contributed by atoms with Crippen molar-refractivity contribution in [1.82, 2.24) is 0 Å². The second-order valence-electron chi connectivity index (χ2n) is 9.70. The van der Waals surface area contributed by atoms with Crippen molar-refractivity contribution in [3.63, 3.8) is 0 Å². The van der Waals surface area contributed by atoms with Crippen LogP contribution in [0, 0.1) is 20.2 Å². The number of nitro benzene ring substituents is 2. The summed E-state index contributed by atoms with van der Waals surface area (Å²) in [5, 5.41) is 23.1. The molecule has 2 aliphatic rings. The Morgan fingerprint density at radius 2 is 1.03 bits per heavy atom. The normalized spacial score (nSPS) is 16.2. The van der Waals surface area contributed by atoms with Gasteiger partial charge in [0.05, 0.1) is 0 Å². The van der Waals surface area contributed by atoms with Crippen LogP contribution in [-0.4, -0.2) is 9.85 Å². The summed E-state index contributed by atoms with van der Waals surface area (Å²) in [5.74, 6) is 0.723. The van der Waals surface area contributed by atoms with E-state index in [1.54, 1.807) is 24.3 Å². The molecule has 0 spiro atoms. The Morgan fingerprint density at radius 1 is 0.649 bits per heavy atom. The molecule has 0 radical (unpaired) electrons. The summed E-state index contributed by atoms with van der Waals surface area (Å²) in [6.45, 7) is 12.5. The van der Waals surface area contributed by atoms with Crippen LogP contribution in [0.25, 0.3) is 0 Å². The molecule has 0 aromatic heterocycles. The van der Waals surface area contributed by atoms with Gasteiger partial charge in [-0.05, 0) is 0 Å². The van der Waals surface area contributed by atoms with Crippen molar-refractivity contribution in [2.24, 2.45) is 0 Å². The van der Waals surface area contributed by atoms with E-state index in [2.05, 4.69) is 41.5 Å². The Balaban J connectivity index is 1.98. The van der Waals surface area contributed by atoms with E-state index in [0.29, 0.717) is 24.3 Å². The van der Waals surface area contributed by atoms with Gasteiger partial charge in [-0.15, -0.1) is 0 Å². The predicted octanol–water partition coefficient (Wildman–Crippen LogP) is 7.97.